The second kappa shape index (κ2) is 6.93. The quantitative estimate of drug-likeness (QED) is 0.417. The Morgan fingerprint density at radius 2 is 2.26 bits per heavy atom. The first-order chi connectivity index (χ1) is 11.1. The van der Waals surface area contributed by atoms with Gasteiger partial charge in [0.1, 0.15) is 10.5 Å². The molecule has 0 radical (unpaired) electrons. The van der Waals surface area contributed by atoms with E-state index in [2.05, 4.69) is 30.2 Å². The van der Waals surface area contributed by atoms with Crippen molar-refractivity contribution in [2.24, 2.45) is 0 Å². The molecule has 0 aliphatic rings. The summed E-state index contributed by atoms with van der Waals surface area (Å²) in [5.41, 5.74) is 1.96. The van der Waals surface area contributed by atoms with E-state index in [9.17, 15) is 4.79 Å². The third-order valence-corrected chi connectivity index (χ3v) is 4.31. The van der Waals surface area contributed by atoms with Gasteiger partial charge < -0.3 is 10.3 Å². The number of hydrogen-bond donors (Lipinski definition) is 2. The normalized spacial score (nSPS) is 12.3. The number of nitrogens with zero attached hydrogens (tertiary/aromatic N) is 4. The van der Waals surface area contributed by atoms with Crippen LogP contribution >= 0.6 is 23.4 Å². The highest BCUT2D eigenvalue weighted by atomic mass is 35.5. The number of hydrogen-bond acceptors (Lipinski definition) is 6. The van der Waals surface area contributed by atoms with Gasteiger partial charge in [-0.1, -0.05) is 17.8 Å². The van der Waals surface area contributed by atoms with Crippen LogP contribution in [0, 0.1) is 0 Å². The molecule has 0 saturated heterocycles. The predicted molar refractivity (Wildman–Crippen MR) is 88.1 cm³/mol. The number of fused-ring (bicyclic) bond motifs is 1. The number of halogens is 1. The van der Waals surface area contributed by atoms with Crippen molar-refractivity contribution >= 4 is 40.4 Å². The van der Waals surface area contributed by atoms with E-state index in [4.69, 9.17) is 11.6 Å². The van der Waals surface area contributed by atoms with Gasteiger partial charge in [0.15, 0.2) is 5.65 Å². The van der Waals surface area contributed by atoms with Crippen molar-refractivity contribution in [3.05, 3.63) is 41.7 Å². The number of thioether (sulfide) groups is 1. The number of carbonyl (C=O) groups excluding carboxylic acids is 1. The summed E-state index contributed by atoms with van der Waals surface area (Å²) in [5.74, 6) is -0.108. The van der Waals surface area contributed by atoms with Crippen LogP contribution in [-0.2, 0) is 11.3 Å². The Morgan fingerprint density at radius 1 is 1.39 bits per heavy atom. The standard InChI is InChI=1S/C14H13ClN6OS/c1-8(12(22)17-6-9-4-2-3-5-16-9)23-13-10-11(19-7-18-10)20-14(15)21-13/h2-5,7-8H,6H2,1H3,(H,17,22)(H,18,19,20,21)/t8-/m1/s1. The highest BCUT2D eigenvalue weighted by molar-refractivity contribution is 8.00. The Morgan fingerprint density at radius 3 is 3.04 bits per heavy atom. The molecule has 3 aromatic rings. The number of amides is 1. The maximum absolute atomic E-state index is 12.2. The van der Waals surface area contributed by atoms with Gasteiger partial charge in [0.2, 0.25) is 11.2 Å². The molecule has 1 amide bonds. The van der Waals surface area contributed by atoms with E-state index in [1.165, 1.54) is 18.1 Å². The maximum atomic E-state index is 12.2. The summed E-state index contributed by atoms with van der Waals surface area (Å²) in [6.45, 7) is 2.19. The van der Waals surface area contributed by atoms with E-state index in [0.717, 1.165) is 5.69 Å². The van der Waals surface area contributed by atoms with Crippen LogP contribution in [0.2, 0.25) is 5.28 Å². The second-order valence-corrected chi connectivity index (χ2v) is 6.37. The van der Waals surface area contributed by atoms with Gasteiger partial charge in [-0.15, -0.1) is 0 Å². The second-order valence-electron chi connectivity index (χ2n) is 4.70. The summed E-state index contributed by atoms with van der Waals surface area (Å²) < 4.78 is 0. The van der Waals surface area contributed by atoms with Gasteiger partial charge in [0.05, 0.1) is 23.8 Å². The molecule has 0 fully saturated rings. The average molecular weight is 349 g/mol. The smallest absolute Gasteiger partial charge is 0.233 e. The fourth-order valence-corrected chi connectivity index (χ4v) is 3.06. The van der Waals surface area contributed by atoms with Crippen molar-refractivity contribution in [2.75, 3.05) is 0 Å². The van der Waals surface area contributed by atoms with Gasteiger partial charge >= 0.3 is 0 Å². The Labute approximate surface area is 141 Å². The molecule has 118 valence electrons. The molecule has 0 unspecified atom stereocenters. The van der Waals surface area contributed by atoms with Crippen LogP contribution in [0.5, 0.6) is 0 Å². The third-order valence-electron chi connectivity index (χ3n) is 3.05. The number of nitrogens with one attached hydrogen (secondary N) is 2. The van der Waals surface area contributed by atoms with Gasteiger partial charge in [0.25, 0.3) is 0 Å². The molecule has 3 aromatic heterocycles. The summed E-state index contributed by atoms with van der Waals surface area (Å²) in [7, 11) is 0. The van der Waals surface area contributed by atoms with Crippen LogP contribution in [0.1, 0.15) is 12.6 Å². The maximum Gasteiger partial charge on any atom is 0.233 e. The van der Waals surface area contributed by atoms with Crippen LogP contribution in [0.15, 0.2) is 35.7 Å². The predicted octanol–water partition coefficient (Wildman–Crippen LogP) is 2.20. The number of aromatic amines is 1. The van der Waals surface area contributed by atoms with Gasteiger partial charge in [-0.3, -0.25) is 9.78 Å². The average Bonchev–Trinajstić information content (AvgIpc) is 3.02. The van der Waals surface area contributed by atoms with Crippen LogP contribution in [0.3, 0.4) is 0 Å². The minimum absolute atomic E-state index is 0.105. The summed E-state index contributed by atoms with van der Waals surface area (Å²) in [6.07, 6.45) is 3.21. The Bertz CT molecular complexity index is 825. The molecule has 3 rings (SSSR count). The van der Waals surface area contributed by atoms with E-state index in [1.54, 1.807) is 13.1 Å². The minimum Gasteiger partial charge on any atom is -0.349 e. The highest BCUT2D eigenvalue weighted by Gasteiger charge is 2.18. The molecule has 0 aliphatic heterocycles. The summed E-state index contributed by atoms with van der Waals surface area (Å²) in [6, 6.07) is 5.57. The molecule has 0 spiro atoms. The first-order valence-electron chi connectivity index (χ1n) is 6.84. The molecule has 0 bridgehead atoms. The number of carbonyl (C=O) groups is 1. The molecule has 1 atom stereocenters. The monoisotopic (exact) mass is 348 g/mol. The molecule has 7 nitrogen and oxygen atoms in total. The summed E-state index contributed by atoms with van der Waals surface area (Å²) in [5, 5.41) is 3.20. The Kier molecular flexibility index (Phi) is 4.73. The van der Waals surface area contributed by atoms with Gasteiger partial charge in [0, 0.05) is 6.20 Å². The summed E-state index contributed by atoms with van der Waals surface area (Å²) in [4.78, 5) is 31.6. The van der Waals surface area contributed by atoms with Crippen molar-refractivity contribution in [3.8, 4) is 0 Å². The van der Waals surface area contributed by atoms with Crippen molar-refractivity contribution in [2.45, 2.75) is 23.7 Å². The first-order valence-corrected chi connectivity index (χ1v) is 8.10. The highest BCUT2D eigenvalue weighted by Crippen LogP contribution is 2.27. The van der Waals surface area contributed by atoms with E-state index in [0.29, 0.717) is 22.7 Å². The molecule has 2 N–H and O–H groups in total. The van der Waals surface area contributed by atoms with E-state index in [-0.39, 0.29) is 16.4 Å². The fourth-order valence-electron chi connectivity index (χ4n) is 1.91. The van der Waals surface area contributed by atoms with Gasteiger partial charge in [-0.2, -0.15) is 4.98 Å². The van der Waals surface area contributed by atoms with E-state index >= 15 is 0 Å². The molecule has 23 heavy (non-hydrogen) atoms. The van der Waals surface area contributed by atoms with Crippen LogP contribution in [0.4, 0.5) is 0 Å². The molecule has 9 heteroatoms. The molecule has 0 aromatic carbocycles. The lowest BCUT2D eigenvalue weighted by atomic mass is 10.3. The lowest BCUT2D eigenvalue weighted by molar-refractivity contribution is -0.120. The van der Waals surface area contributed by atoms with Gasteiger partial charge in [-0.25, -0.2) is 9.97 Å². The molecule has 0 aliphatic carbocycles. The molecular formula is C14H13ClN6OS. The van der Waals surface area contributed by atoms with E-state index < -0.39 is 0 Å². The molecule has 0 saturated carbocycles. The zero-order valence-electron chi connectivity index (χ0n) is 12.2. The lowest BCUT2D eigenvalue weighted by Gasteiger charge is -2.11. The number of aromatic nitrogens is 5. The zero-order valence-corrected chi connectivity index (χ0v) is 13.7. The van der Waals surface area contributed by atoms with Crippen molar-refractivity contribution < 1.29 is 4.79 Å². The van der Waals surface area contributed by atoms with Crippen LogP contribution < -0.4 is 5.32 Å². The lowest BCUT2D eigenvalue weighted by Crippen LogP contribution is -2.30. The fraction of sp³-hybridized carbons (Fsp3) is 0.214. The third kappa shape index (κ3) is 3.77. The molecular weight excluding hydrogens is 336 g/mol. The number of imidazole rings is 1. The zero-order chi connectivity index (χ0) is 16.2. The topological polar surface area (TPSA) is 96.5 Å². The van der Waals surface area contributed by atoms with Crippen LogP contribution in [0.25, 0.3) is 11.2 Å². The Hall–Kier alpha value is -2.19. The first kappa shape index (κ1) is 15.7. The van der Waals surface area contributed by atoms with Crippen molar-refractivity contribution in [3.63, 3.8) is 0 Å². The number of H-pyrrole nitrogens is 1. The Balaban J connectivity index is 1.67. The largest absolute Gasteiger partial charge is 0.349 e. The van der Waals surface area contributed by atoms with E-state index in [1.807, 2.05) is 18.2 Å². The van der Waals surface area contributed by atoms with Gasteiger partial charge in [-0.05, 0) is 30.7 Å². The number of rotatable bonds is 5. The molecule has 3 heterocycles. The van der Waals surface area contributed by atoms with Crippen molar-refractivity contribution in [1.82, 2.24) is 30.2 Å². The minimum atomic E-state index is -0.351. The number of pyridine rings is 1. The van der Waals surface area contributed by atoms with Crippen molar-refractivity contribution in [1.29, 1.82) is 0 Å². The van der Waals surface area contributed by atoms with Crippen LogP contribution in [-0.4, -0.2) is 36.1 Å². The SMILES string of the molecule is C[C@@H](Sc1nc(Cl)nc2nc[nH]c12)C(=O)NCc1ccccn1. The summed E-state index contributed by atoms with van der Waals surface area (Å²) >= 11 is 7.18.